The Morgan fingerprint density at radius 2 is 2.21 bits per heavy atom. The van der Waals surface area contributed by atoms with Gasteiger partial charge in [0.25, 0.3) is 0 Å². The number of nitrogens with zero attached hydrogens (tertiary/aromatic N) is 3. The lowest BCUT2D eigenvalue weighted by Gasteiger charge is -2.16. The molecule has 19 heavy (non-hydrogen) atoms. The summed E-state index contributed by atoms with van der Waals surface area (Å²) in [6, 6.07) is 0.139. The van der Waals surface area contributed by atoms with E-state index in [0.29, 0.717) is 5.89 Å². The molecule has 1 fully saturated rings. The van der Waals surface area contributed by atoms with Crippen LogP contribution in [0.1, 0.15) is 38.0 Å². The highest BCUT2D eigenvalue weighted by Crippen LogP contribution is 2.23. The van der Waals surface area contributed by atoms with Crippen molar-refractivity contribution in [3.8, 4) is 0 Å². The number of nitrogens with one attached hydrogen (secondary N) is 1. The van der Waals surface area contributed by atoms with Crippen LogP contribution in [0.15, 0.2) is 4.52 Å². The van der Waals surface area contributed by atoms with Gasteiger partial charge in [-0.25, -0.2) is 0 Å². The molecule has 1 aromatic rings. The molecule has 6 heteroatoms. The molecule has 2 unspecified atom stereocenters. The SMILES string of the molecule is CCN(CC)CCc1noc(C2CC(OC)CN2)n1. The topological polar surface area (TPSA) is 63.4 Å². The van der Waals surface area contributed by atoms with Gasteiger partial charge < -0.3 is 19.5 Å². The van der Waals surface area contributed by atoms with Gasteiger partial charge in [-0.15, -0.1) is 0 Å². The summed E-state index contributed by atoms with van der Waals surface area (Å²) >= 11 is 0. The maximum Gasteiger partial charge on any atom is 0.243 e. The Morgan fingerprint density at radius 1 is 1.42 bits per heavy atom. The second kappa shape index (κ2) is 6.98. The van der Waals surface area contributed by atoms with Gasteiger partial charge in [0.2, 0.25) is 5.89 Å². The minimum absolute atomic E-state index is 0.139. The normalized spacial score (nSPS) is 23.4. The van der Waals surface area contributed by atoms with Crippen LogP contribution in [0.2, 0.25) is 0 Å². The predicted octanol–water partition coefficient (Wildman–Crippen LogP) is 1.00. The van der Waals surface area contributed by atoms with Crippen LogP contribution < -0.4 is 5.32 Å². The smallest absolute Gasteiger partial charge is 0.243 e. The summed E-state index contributed by atoms with van der Waals surface area (Å²) in [7, 11) is 1.73. The molecule has 108 valence electrons. The molecule has 2 heterocycles. The minimum Gasteiger partial charge on any atom is -0.380 e. The summed E-state index contributed by atoms with van der Waals surface area (Å²) in [6.45, 7) is 8.27. The average molecular weight is 268 g/mol. The molecular formula is C13H24N4O2. The molecular weight excluding hydrogens is 244 g/mol. The highest BCUT2D eigenvalue weighted by atomic mass is 16.5. The van der Waals surface area contributed by atoms with E-state index in [-0.39, 0.29) is 12.1 Å². The van der Waals surface area contributed by atoms with Crippen LogP contribution in [0, 0.1) is 0 Å². The van der Waals surface area contributed by atoms with Crippen molar-refractivity contribution in [1.29, 1.82) is 0 Å². The van der Waals surface area contributed by atoms with Gasteiger partial charge in [-0.1, -0.05) is 19.0 Å². The maximum atomic E-state index is 5.34. The van der Waals surface area contributed by atoms with Gasteiger partial charge in [0, 0.05) is 26.6 Å². The Hall–Kier alpha value is -0.980. The molecule has 6 nitrogen and oxygen atoms in total. The number of methoxy groups -OCH3 is 1. The Morgan fingerprint density at radius 3 is 2.84 bits per heavy atom. The number of hydrogen-bond donors (Lipinski definition) is 1. The van der Waals surface area contributed by atoms with E-state index in [4.69, 9.17) is 9.26 Å². The van der Waals surface area contributed by atoms with E-state index in [9.17, 15) is 0 Å². The Balaban J connectivity index is 1.85. The minimum atomic E-state index is 0.139. The second-order valence-corrected chi connectivity index (χ2v) is 4.88. The van der Waals surface area contributed by atoms with Crippen molar-refractivity contribution in [1.82, 2.24) is 20.4 Å². The molecule has 1 aliphatic rings. The zero-order chi connectivity index (χ0) is 13.7. The number of hydrogen-bond acceptors (Lipinski definition) is 6. The molecule has 0 radical (unpaired) electrons. The zero-order valence-corrected chi connectivity index (χ0v) is 12.1. The second-order valence-electron chi connectivity index (χ2n) is 4.88. The van der Waals surface area contributed by atoms with Gasteiger partial charge in [-0.2, -0.15) is 4.98 Å². The first-order valence-electron chi connectivity index (χ1n) is 7.07. The van der Waals surface area contributed by atoms with Crippen molar-refractivity contribution in [2.75, 3.05) is 33.3 Å². The third-order valence-electron chi connectivity index (χ3n) is 3.75. The van der Waals surface area contributed by atoms with Gasteiger partial charge in [0.15, 0.2) is 5.82 Å². The predicted molar refractivity (Wildman–Crippen MR) is 71.9 cm³/mol. The van der Waals surface area contributed by atoms with Crippen molar-refractivity contribution in [2.45, 2.75) is 38.8 Å². The van der Waals surface area contributed by atoms with Crippen LogP contribution in [0.4, 0.5) is 0 Å². The Bertz CT molecular complexity index is 378. The molecule has 0 spiro atoms. The molecule has 1 N–H and O–H groups in total. The lowest BCUT2D eigenvalue weighted by molar-refractivity contribution is 0.116. The first kappa shape index (κ1) is 14.4. The van der Waals surface area contributed by atoms with Crippen molar-refractivity contribution in [3.05, 3.63) is 11.7 Å². The molecule has 0 saturated carbocycles. The largest absolute Gasteiger partial charge is 0.380 e. The van der Waals surface area contributed by atoms with Crippen molar-refractivity contribution in [3.63, 3.8) is 0 Å². The quantitative estimate of drug-likeness (QED) is 0.796. The molecule has 0 bridgehead atoms. The fraction of sp³-hybridized carbons (Fsp3) is 0.846. The van der Waals surface area contributed by atoms with Gasteiger partial charge in [-0.3, -0.25) is 0 Å². The van der Waals surface area contributed by atoms with E-state index in [1.54, 1.807) is 7.11 Å². The van der Waals surface area contributed by atoms with E-state index in [0.717, 1.165) is 44.8 Å². The van der Waals surface area contributed by atoms with E-state index >= 15 is 0 Å². The number of aromatic nitrogens is 2. The Labute approximate surface area is 114 Å². The van der Waals surface area contributed by atoms with E-state index in [1.165, 1.54) is 0 Å². The van der Waals surface area contributed by atoms with Crippen LogP contribution >= 0.6 is 0 Å². The molecule has 1 aromatic heterocycles. The third kappa shape index (κ3) is 3.75. The highest BCUT2D eigenvalue weighted by molar-refractivity contribution is 4.98. The maximum absolute atomic E-state index is 5.34. The zero-order valence-electron chi connectivity index (χ0n) is 12.1. The molecule has 0 aliphatic carbocycles. The first-order chi connectivity index (χ1) is 9.26. The van der Waals surface area contributed by atoms with E-state index in [2.05, 4.69) is 34.2 Å². The van der Waals surface area contributed by atoms with Crippen LogP contribution in [-0.4, -0.2) is 54.4 Å². The summed E-state index contributed by atoms with van der Waals surface area (Å²) < 4.78 is 10.7. The number of likely N-dealkylation sites (N-methyl/N-ethyl adjacent to an activating group) is 1. The summed E-state index contributed by atoms with van der Waals surface area (Å²) in [4.78, 5) is 6.83. The Kier molecular flexibility index (Phi) is 5.30. The van der Waals surface area contributed by atoms with E-state index in [1.807, 2.05) is 0 Å². The number of ether oxygens (including phenoxy) is 1. The molecule has 0 aromatic carbocycles. The fourth-order valence-electron chi connectivity index (χ4n) is 2.38. The molecule has 1 saturated heterocycles. The van der Waals surface area contributed by atoms with Crippen LogP contribution in [0.3, 0.4) is 0 Å². The monoisotopic (exact) mass is 268 g/mol. The standard InChI is InChI=1S/C13H24N4O2/c1-4-17(5-2)7-6-12-15-13(19-16-12)11-8-10(18-3)9-14-11/h10-11,14H,4-9H2,1-3H3. The lowest BCUT2D eigenvalue weighted by Crippen LogP contribution is -2.25. The van der Waals surface area contributed by atoms with Crippen LogP contribution in [0.25, 0.3) is 0 Å². The third-order valence-corrected chi connectivity index (χ3v) is 3.75. The molecule has 2 atom stereocenters. The van der Waals surface area contributed by atoms with Crippen molar-refractivity contribution < 1.29 is 9.26 Å². The first-order valence-corrected chi connectivity index (χ1v) is 7.07. The molecule has 0 amide bonds. The van der Waals surface area contributed by atoms with E-state index < -0.39 is 0 Å². The van der Waals surface area contributed by atoms with Crippen LogP contribution in [-0.2, 0) is 11.2 Å². The van der Waals surface area contributed by atoms with Crippen molar-refractivity contribution >= 4 is 0 Å². The van der Waals surface area contributed by atoms with Gasteiger partial charge in [0.1, 0.15) is 0 Å². The summed E-state index contributed by atoms with van der Waals surface area (Å²) in [5, 5.41) is 7.40. The summed E-state index contributed by atoms with van der Waals surface area (Å²) in [5.41, 5.74) is 0. The molecule has 2 rings (SSSR count). The van der Waals surface area contributed by atoms with Gasteiger partial charge in [0.05, 0.1) is 12.1 Å². The van der Waals surface area contributed by atoms with Gasteiger partial charge in [-0.05, 0) is 19.5 Å². The van der Waals surface area contributed by atoms with Crippen LogP contribution in [0.5, 0.6) is 0 Å². The fourth-order valence-corrected chi connectivity index (χ4v) is 2.38. The van der Waals surface area contributed by atoms with Gasteiger partial charge >= 0.3 is 0 Å². The number of rotatable bonds is 7. The molecule has 1 aliphatic heterocycles. The van der Waals surface area contributed by atoms with Crippen molar-refractivity contribution in [2.24, 2.45) is 0 Å². The lowest BCUT2D eigenvalue weighted by atomic mass is 10.2. The summed E-state index contributed by atoms with van der Waals surface area (Å²) in [6.07, 6.45) is 1.98. The average Bonchev–Trinajstić information content (AvgIpc) is 3.08. The highest BCUT2D eigenvalue weighted by Gasteiger charge is 2.29. The summed E-state index contributed by atoms with van der Waals surface area (Å²) in [5.74, 6) is 1.48.